The van der Waals surface area contributed by atoms with Crippen molar-refractivity contribution in [3.63, 3.8) is 0 Å². The number of para-hydroxylation sites is 1. The molecule has 0 atom stereocenters. The summed E-state index contributed by atoms with van der Waals surface area (Å²) in [7, 11) is 1.38. The standard InChI is InChI=1S/C25H32N2O4/c1-4-31-24(29)27(22-12-6-5-7-13-22)25(23(28)30-3)15-18-26(19-16-25)17-14-21-11-9-8-10-20(21)2/h5-13H,4,14-19H2,1-3H3. The van der Waals surface area contributed by atoms with Gasteiger partial charge < -0.3 is 14.4 Å². The highest BCUT2D eigenvalue weighted by Crippen LogP contribution is 2.35. The Balaban J connectivity index is 1.80. The van der Waals surface area contributed by atoms with E-state index in [1.54, 1.807) is 6.92 Å². The smallest absolute Gasteiger partial charge is 0.415 e. The van der Waals surface area contributed by atoms with Crippen LogP contribution in [0.1, 0.15) is 30.9 Å². The summed E-state index contributed by atoms with van der Waals surface area (Å²) in [6.45, 7) is 6.44. The van der Waals surface area contributed by atoms with Crippen LogP contribution in [0.15, 0.2) is 54.6 Å². The lowest BCUT2D eigenvalue weighted by atomic mass is 9.85. The first-order valence-corrected chi connectivity index (χ1v) is 10.9. The summed E-state index contributed by atoms with van der Waals surface area (Å²) in [6, 6.07) is 17.6. The molecule has 0 saturated carbocycles. The molecule has 2 aromatic carbocycles. The van der Waals surface area contributed by atoms with Gasteiger partial charge in [0.05, 0.1) is 13.7 Å². The molecule has 1 aliphatic heterocycles. The van der Waals surface area contributed by atoms with Gasteiger partial charge in [0.15, 0.2) is 5.54 Å². The molecule has 0 radical (unpaired) electrons. The third-order valence-electron chi connectivity index (χ3n) is 6.10. The van der Waals surface area contributed by atoms with E-state index in [4.69, 9.17) is 9.47 Å². The Labute approximate surface area is 184 Å². The van der Waals surface area contributed by atoms with Crippen molar-refractivity contribution in [2.45, 2.75) is 38.6 Å². The normalized spacial score (nSPS) is 15.8. The van der Waals surface area contributed by atoms with Crippen LogP contribution in [0.2, 0.25) is 0 Å². The maximum Gasteiger partial charge on any atom is 0.415 e. The molecule has 1 saturated heterocycles. The molecule has 6 nitrogen and oxygen atoms in total. The van der Waals surface area contributed by atoms with Gasteiger partial charge in [-0.3, -0.25) is 4.90 Å². The van der Waals surface area contributed by atoms with E-state index in [0.717, 1.165) is 13.0 Å². The Morgan fingerprint density at radius 3 is 2.29 bits per heavy atom. The molecule has 1 heterocycles. The summed E-state index contributed by atoms with van der Waals surface area (Å²) in [5.41, 5.74) is 2.19. The van der Waals surface area contributed by atoms with Gasteiger partial charge in [0.1, 0.15) is 0 Å². The molecule has 0 N–H and O–H groups in total. The van der Waals surface area contributed by atoms with E-state index in [1.165, 1.54) is 23.1 Å². The van der Waals surface area contributed by atoms with E-state index in [1.807, 2.05) is 30.3 Å². The van der Waals surface area contributed by atoms with Crippen LogP contribution in [0.5, 0.6) is 0 Å². The fraction of sp³-hybridized carbons (Fsp3) is 0.440. The van der Waals surface area contributed by atoms with Crippen molar-refractivity contribution in [1.82, 2.24) is 4.90 Å². The number of hydrogen-bond acceptors (Lipinski definition) is 5. The minimum Gasteiger partial charge on any atom is -0.467 e. The summed E-state index contributed by atoms with van der Waals surface area (Å²) in [5, 5.41) is 0. The zero-order valence-corrected chi connectivity index (χ0v) is 18.7. The van der Waals surface area contributed by atoms with E-state index in [9.17, 15) is 9.59 Å². The van der Waals surface area contributed by atoms with E-state index in [2.05, 4.69) is 36.1 Å². The van der Waals surface area contributed by atoms with Crippen LogP contribution >= 0.6 is 0 Å². The van der Waals surface area contributed by atoms with Gasteiger partial charge in [-0.15, -0.1) is 0 Å². The predicted molar refractivity (Wildman–Crippen MR) is 121 cm³/mol. The highest BCUT2D eigenvalue weighted by Gasteiger charge is 2.50. The van der Waals surface area contributed by atoms with Crippen molar-refractivity contribution in [3.8, 4) is 0 Å². The molecule has 1 amide bonds. The molecule has 0 aromatic heterocycles. The molecule has 0 aliphatic carbocycles. The van der Waals surface area contributed by atoms with E-state index in [-0.39, 0.29) is 6.61 Å². The van der Waals surface area contributed by atoms with Gasteiger partial charge in [-0.2, -0.15) is 0 Å². The lowest BCUT2D eigenvalue weighted by Gasteiger charge is -2.45. The molecular formula is C25H32N2O4. The topological polar surface area (TPSA) is 59.1 Å². The van der Waals surface area contributed by atoms with Crippen LogP contribution < -0.4 is 4.90 Å². The summed E-state index contributed by atoms with van der Waals surface area (Å²) in [4.78, 5) is 29.9. The molecule has 6 heteroatoms. The third-order valence-corrected chi connectivity index (χ3v) is 6.10. The number of esters is 1. The zero-order valence-electron chi connectivity index (χ0n) is 18.7. The fourth-order valence-corrected chi connectivity index (χ4v) is 4.32. The number of nitrogens with zero attached hydrogens (tertiary/aromatic N) is 2. The monoisotopic (exact) mass is 424 g/mol. The first-order valence-electron chi connectivity index (χ1n) is 10.9. The number of carbonyl (C=O) groups excluding carboxylic acids is 2. The lowest BCUT2D eigenvalue weighted by Crippen LogP contribution is -2.63. The Kier molecular flexibility index (Phi) is 7.69. The molecule has 1 aliphatic rings. The van der Waals surface area contributed by atoms with Crippen LogP contribution in [0, 0.1) is 6.92 Å². The second-order valence-electron chi connectivity index (χ2n) is 7.91. The number of benzene rings is 2. The summed E-state index contributed by atoms with van der Waals surface area (Å²) in [5.74, 6) is -0.400. The van der Waals surface area contributed by atoms with Crippen LogP contribution in [-0.4, -0.2) is 55.9 Å². The summed E-state index contributed by atoms with van der Waals surface area (Å²) < 4.78 is 10.5. The minimum absolute atomic E-state index is 0.238. The largest absolute Gasteiger partial charge is 0.467 e. The summed E-state index contributed by atoms with van der Waals surface area (Å²) in [6.07, 6.45) is 1.41. The summed E-state index contributed by atoms with van der Waals surface area (Å²) >= 11 is 0. The quantitative estimate of drug-likeness (QED) is 0.623. The first-order chi connectivity index (χ1) is 15.0. The second kappa shape index (κ2) is 10.4. The van der Waals surface area contributed by atoms with Crippen molar-refractivity contribution >= 4 is 17.7 Å². The average Bonchev–Trinajstić information content (AvgIpc) is 2.80. The second-order valence-corrected chi connectivity index (χ2v) is 7.91. The number of aryl methyl sites for hydroxylation is 1. The van der Waals surface area contributed by atoms with Crippen molar-refractivity contribution in [2.24, 2.45) is 0 Å². The van der Waals surface area contributed by atoms with Crippen LogP contribution in [0.3, 0.4) is 0 Å². The van der Waals surface area contributed by atoms with Crippen LogP contribution in [0.4, 0.5) is 10.5 Å². The number of hydrogen-bond donors (Lipinski definition) is 0. The number of amides is 1. The minimum atomic E-state index is -1.08. The lowest BCUT2D eigenvalue weighted by molar-refractivity contribution is -0.149. The molecule has 0 bridgehead atoms. The van der Waals surface area contributed by atoms with Gasteiger partial charge in [0.25, 0.3) is 0 Å². The molecule has 166 valence electrons. The van der Waals surface area contributed by atoms with E-state index < -0.39 is 17.6 Å². The Morgan fingerprint density at radius 2 is 1.68 bits per heavy atom. The zero-order chi connectivity index (χ0) is 22.3. The van der Waals surface area contributed by atoms with Crippen molar-refractivity contribution < 1.29 is 19.1 Å². The number of likely N-dealkylation sites (tertiary alicyclic amines) is 1. The van der Waals surface area contributed by atoms with Crippen molar-refractivity contribution in [2.75, 3.05) is 38.3 Å². The Hall–Kier alpha value is -2.86. The van der Waals surface area contributed by atoms with Crippen molar-refractivity contribution in [3.05, 3.63) is 65.7 Å². The number of methoxy groups -OCH3 is 1. The molecule has 0 unspecified atom stereocenters. The molecule has 0 spiro atoms. The number of piperidine rings is 1. The number of ether oxygens (including phenoxy) is 2. The van der Waals surface area contributed by atoms with Crippen LogP contribution in [-0.2, 0) is 20.7 Å². The van der Waals surface area contributed by atoms with Crippen molar-refractivity contribution in [1.29, 1.82) is 0 Å². The SMILES string of the molecule is CCOC(=O)N(c1ccccc1)C1(C(=O)OC)CCN(CCc2ccccc2C)CC1. The Bertz CT molecular complexity index is 876. The fourth-order valence-electron chi connectivity index (χ4n) is 4.32. The van der Waals surface area contributed by atoms with Gasteiger partial charge >= 0.3 is 12.1 Å². The highest BCUT2D eigenvalue weighted by molar-refractivity contribution is 5.99. The molecule has 2 aromatic rings. The van der Waals surface area contributed by atoms with E-state index >= 15 is 0 Å². The number of rotatable bonds is 7. The molecular weight excluding hydrogens is 392 g/mol. The van der Waals surface area contributed by atoms with Gasteiger partial charge in [-0.1, -0.05) is 42.5 Å². The number of anilines is 1. The Morgan fingerprint density at radius 1 is 1.03 bits per heavy atom. The van der Waals surface area contributed by atoms with Gasteiger partial charge in [-0.05, 0) is 56.4 Å². The maximum absolute atomic E-state index is 13.1. The molecule has 31 heavy (non-hydrogen) atoms. The van der Waals surface area contributed by atoms with Crippen LogP contribution in [0.25, 0.3) is 0 Å². The first kappa shape index (κ1) is 22.8. The van der Waals surface area contributed by atoms with Gasteiger partial charge in [0, 0.05) is 25.3 Å². The molecule has 3 rings (SSSR count). The predicted octanol–water partition coefficient (Wildman–Crippen LogP) is 4.21. The number of carbonyl (C=O) groups is 2. The average molecular weight is 425 g/mol. The van der Waals surface area contributed by atoms with Gasteiger partial charge in [0.2, 0.25) is 0 Å². The van der Waals surface area contributed by atoms with Gasteiger partial charge in [-0.25, -0.2) is 9.59 Å². The third kappa shape index (κ3) is 5.07. The van der Waals surface area contributed by atoms with E-state index in [0.29, 0.717) is 31.6 Å². The highest BCUT2D eigenvalue weighted by atomic mass is 16.6. The molecule has 1 fully saturated rings. The maximum atomic E-state index is 13.1.